The first kappa shape index (κ1) is 20.7. The summed E-state index contributed by atoms with van der Waals surface area (Å²) in [5.74, 6) is -0.114. The van der Waals surface area contributed by atoms with E-state index in [1.165, 1.54) is 22.9 Å². The minimum absolute atomic E-state index is 0.114. The second kappa shape index (κ2) is 7.75. The maximum absolute atomic E-state index is 13.0. The predicted octanol–water partition coefficient (Wildman–Crippen LogP) is 1.52. The molecule has 31 heavy (non-hydrogen) atoms. The molecule has 154 valence electrons. The second-order valence-electron chi connectivity index (χ2n) is 9.55. The number of likely N-dealkylation sites (tertiary alicyclic amines) is 1. The molecule has 3 heterocycles. The molecule has 0 unspecified atom stereocenters. The van der Waals surface area contributed by atoms with Crippen molar-refractivity contribution in [3.8, 4) is 0 Å². The number of hydrogen-bond donors (Lipinski definition) is 0. The fraction of sp³-hybridized carbons (Fsp3) is 0.304. The van der Waals surface area contributed by atoms with Crippen molar-refractivity contribution in [2.24, 2.45) is 4.99 Å². The third-order valence-electron chi connectivity index (χ3n) is 6.48. The van der Waals surface area contributed by atoms with Gasteiger partial charge < -0.3 is 9.64 Å². The molecule has 1 saturated heterocycles. The van der Waals surface area contributed by atoms with Crippen LogP contribution in [0.2, 0.25) is 5.11 Å². The monoisotopic (exact) mass is 426 g/mol. The number of ether oxygens (including phenoxy) is 1. The van der Waals surface area contributed by atoms with Crippen LogP contribution in [0.3, 0.4) is 0 Å². The number of nitrogens with zero attached hydrogens (tertiary/aromatic N) is 2. The van der Waals surface area contributed by atoms with Crippen molar-refractivity contribution in [2.45, 2.75) is 30.2 Å². The van der Waals surface area contributed by atoms with Crippen LogP contribution in [0.25, 0.3) is 5.57 Å². The van der Waals surface area contributed by atoms with Crippen molar-refractivity contribution < 1.29 is 9.53 Å². The number of rotatable bonds is 2. The molecule has 0 atom stereocenters. The smallest absolute Gasteiger partial charge is 0.286 e. The largest absolute Gasteiger partial charge is 0.365 e. The number of carbonyl (C=O) groups is 1. The van der Waals surface area contributed by atoms with Crippen LogP contribution in [0.5, 0.6) is 0 Å². The van der Waals surface area contributed by atoms with Gasteiger partial charge in [-0.3, -0.25) is 4.79 Å². The van der Waals surface area contributed by atoms with Crippen LogP contribution in [0.15, 0.2) is 64.5 Å². The van der Waals surface area contributed by atoms with E-state index in [4.69, 9.17) is 4.74 Å². The number of amides is 1. The quantitative estimate of drug-likeness (QED) is 0.540. The summed E-state index contributed by atoms with van der Waals surface area (Å²) in [5.41, 5.74) is 4.63. The molecule has 1 spiro atoms. The molecule has 0 aliphatic carbocycles. The van der Waals surface area contributed by atoms with Gasteiger partial charge in [0.05, 0.1) is 40.7 Å². The molecular weight excluding hydrogens is 401 g/mol. The molecule has 1 fully saturated rings. The van der Waals surface area contributed by atoms with E-state index in [1.807, 2.05) is 18.2 Å². The fourth-order valence-electron chi connectivity index (χ4n) is 4.96. The van der Waals surface area contributed by atoms with Gasteiger partial charge in [-0.2, -0.15) is 4.99 Å². The SMILES string of the molecule is BC(B)(B)/C(=C1\SC(N2CCC3(CC2)OCc2ccccc23)=NC1=O)c1ccccc1. The average Bonchev–Trinajstić information content (AvgIpc) is 3.30. The summed E-state index contributed by atoms with van der Waals surface area (Å²) in [6, 6.07) is 18.8. The van der Waals surface area contributed by atoms with Gasteiger partial charge in [0.1, 0.15) is 0 Å². The molecule has 4 nitrogen and oxygen atoms in total. The molecule has 2 aromatic rings. The van der Waals surface area contributed by atoms with Crippen molar-refractivity contribution in [1.82, 2.24) is 4.90 Å². The number of benzene rings is 2. The maximum atomic E-state index is 13.0. The number of amidine groups is 1. The summed E-state index contributed by atoms with van der Waals surface area (Å²) in [6.45, 7) is 2.39. The first-order valence-corrected chi connectivity index (χ1v) is 11.8. The van der Waals surface area contributed by atoms with Crippen LogP contribution in [-0.4, -0.2) is 52.6 Å². The lowest BCUT2D eigenvalue weighted by atomic mass is 9.39. The van der Waals surface area contributed by atoms with Gasteiger partial charge in [-0.1, -0.05) is 59.7 Å². The first-order valence-electron chi connectivity index (χ1n) is 11.0. The van der Waals surface area contributed by atoms with Gasteiger partial charge in [-0.25, -0.2) is 0 Å². The number of allylic oxidation sites excluding steroid dienone is 1. The normalized spacial score (nSPS) is 21.9. The zero-order chi connectivity index (χ0) is 21.6. The zero-order valence-corrected chi connectivity index (χ0v) is 19.2. The minimum Gasteiger partial charge on any atom is -0.365 e. The van der Waals surface area contributed by atoms with E-state index >= 15 is 0 Å². The van der Waals surface area contributed by atoms with Gasteiger partial charge in [-0.15, -0.1) is 0 Å². The summed E-state index contributed by atoms with van der Waals surface area (Å²) in [5, 5.41) is 0.677. The Morgan fingerprint density at radius 2 is 1.71 bits per heavy atom. The van der Waals surface area contributed by atoms with E-state index < -0.39 is 0 Å². The molecule has 0 bridgehead atoms. The van der Waals surface area contributed by atoms with Crippen LogP contribution in [0.1, 0.15) is 29.5 Å². The van der Waals surface area contributed by atoms with Crippen LogP contribution in [-0.2, 0) is 21.7 Å². The van der Waals surface area contributed by atoms with Crippen LogP contribution in [0, 0.1) is 0 Å². The topological polar surface area (TPSA) is 41.9 Å². The first-order chi connectivity index (χ1) is 14.9. The molecular formula is C23H25B3N2O2S. The van der Waals surface area contributed by atoms with Crippen LogP contribution < -0.4 is 0 Å². The molecule has 0 N–H and O–H groups in total. The molecule has 0 saturated carbocycles. The van der Waals surface area contributed by atoms with E-state index in [1.54, 1.807) is 0 Å². The standard InChI is InChI=1S/C23H25B3N2O2S/c24-23(25,26)18(15-6-2-1-3-7-15)19-20(29)27-21(31-19)28-12-10-22(11-13-28)17-9-5-4-8-16(17)14-30-22/h1-9H,10-14,24-26H2/b19-18-. The number of fused-ring (bicyclic) bond motifs is 2. The summed E-state index contributed by atoms with van der Waals surface area (Å²) >= 11 is 1.54. The highest BCUT2D eigenvalue weighted by Gasteiger charge is 2.44. The number of piperidine rings is 1. The number of aliphatic imine (C=N–C) groups is 1. The molecule has 8 heteroatoms. The molecule has 5 rings (SSSR count). The van der Waals surface area contributed by atoms with E-state index in [0.29, 0.717) is 6.61 Å². The molecule has 3 aliphatic heterocycles. The highest BCUT2D eigenvalue weighted by molar-refractivity contribution is 8.18. The molecule has 3 aliphatic rings. The average molecular weight is 426 g/mol. The number of hydrogen-bond acceptors (Lipinski definition) is 4. The van der Waals surface area contributed by atoms with Crippen molar-refractivity contribution >= 4 is 51.9 Å². The highest BCUT2D eigenvalue weighted by Crippen LogP contribution is 2.46. The van der Waals surface area contributed by atoms with Gasteiger partial charge in [0.15, 0.2) is 5.17 Å². The van der Waals surface area contributed by atoms with Crippen molar-refractivity contribution in [1.29, 1.82) is 0 Å². The Morgan fingerprint density at radius 3 is 2.42 bits per heavy atom. The third kappa shape index (κ3) is 3.70. The van der Waals surface area contributed by atoms with Crippen LogP contribution in [0.4, 0.5) is 0 Å². The Bertz CT molecular complexity index is 1090. The summed E-state index contributed by atoms with van der Waals surface area (Å²) < 4.78 is 6.30. The van der Waals surface area contributed by atoms with Gasteiger partial charge in [0.2, 0.25) is 0 Å². The lowest BCUT2D eigenvalue weighted by Crippen LogP contribution is -2.44. The highest BCUT2D eigenvalue weighted by atomic mass is 32.2. The van der Waals surface area contributed by atoms with E-state index in [0.717, 1.165) is 47.1 Å². The van der Waals surface area contributed by atoms with Gasteiger partial charge in [-0.05, 0) is 46.9 Å². The molecule has 2 aromatic carbocycles. The van der Waals surface area contributed by atoms with E-state index in [-0.39, 0.29) is 16.6 Å². The molecule has 0 aromatic heterocycles. The summed E-state index contributed by atoms with van der Waals surface area (Å²) in [4.78, 5) is 20.5. The Balaban J connectivity index is 1.38. The second-order valence-corrected chi connectivity index (χ2v) is 10.5. The van der Waals surface area contributed by atoms with E-state index in [9.17, 15) is 4.79 Å². The maximum Gasteiger partial charge on any atom is 0.286 e. The van der Waals surface area contributed by atoms with Crippen LogP contribution >= 0.6 is 11.8 Å². The Labute approximate surface area is 190 Å². The number of carbonyl (C=O) groups excluding carboxylic acids is 1. The van der Waals surface area contributed by atoms with Crippen molar-refractivity contribution in [3.63, 3.8) is 0 Å². The van der Waals surface area contributed by atoms with Crippen molar-refractivity contribution in [2.75, 3.05) is 13.1 Å². The molecule has 1 amide bonds. The van der Waals surface area contributed by atoms with Gasteiger partial charge in [0, 0.05) is 13.1 Å². The zero-order valence-electron chi connectivity index (χ0n) is 18.4. The predicted molar refractivity (Wildman–Crippen MR) is 135 cm³/mol. The summed E-state index contributed by atoms with van der Waals surface area (Å²) in [6.07, 6.45) is 1.84. The van der Waals surface area contributed by atoms with Crippen molar-refractivity contribution in [3.05, 3.63) is 76.2 Å². The lowest BCUT2D eigenvalue weighted by Gasteiger charge is -2.39. The molecule has 0 radical (unpaired) electrons. The Kier molecular flexibility index (Phi) is 5.18. The third-order valence-corrected chi connectivity index (χ3v) is 7.59. The number of thioether (sulfide) groups is 1. The van der Waals surface area contributed by atoms with Gasteiger partial charge in [0.25, 0.3) is 5.91 Å². The van der Waals surface area contributed by atoms with E-state index in [2.05, 4.69) is 69.8 Å². The van der Waals surface area contributed by atoms with Gasteiger partial charge >= 0.3 is 0 Å². The lowest BCUT2D eigenvalue weighted by molar-refractivity contribution is -0.113. The minimum atomic E-state index is -0.180. The Morgan fingerprint density at radius 1 is 1.03 bits per heavy atom. The Hall–Kier alpha value is -2.18. The summed E-state index contributed by atoms with van der Waals surface area (Å²) in [7, 11) is 6.48. The fourth-order valence-corrected chi connectivity index (χ4v) is 6.24.